The number of piperidine rings is 1. The van der Waals surface area contributed by atoms with Gasteiger partial charge in [0.05, 0.1) is 25.7 Å². The van der Waals surface area contributed by atoms with Crippen LogP contribution >= 0.6 is 0 Å². The van der Waals surface area contributed by atoms with Gasteiger partial charge in [-0.3, -0.25) is 4.79 Å². The van der Waals surface area contributed by atoms with E-state index in [9.17, 15) is 9.90 Å². The van der Waals surface area contributed by atoms with Gasteiger partial charge in [0.15, 0.2) is 0 Å². The third kappa shape index (κ3) is 3.07. The van der Waals surface area contributed by atoms with Crippen LogP contribution in [0.15, 0.2) is 30.3 Å². The van der Waals surface area contributed by atoms with E-state index in [0.717, 1.165) is 42.3 Å². The minimum Gasteiger partial charge on any atom is -0.461 e. The maximum absolute atomic E-state index is 12.5. The lowest BCUT2D eigenvalue weighted by molar-refractivity contribution is -0.943. The van der Waals surface area contributed by atoms with Crippen LogP contribution in [0.25, 0.3) is 0 Å². The normalized spacial score (nSPS) is 32.8. The lowest BCUT2D eigenvalue weighted by atomic mass is 9.96. The molecule has 0 radical (unpaired) electrons. The van der Waals surface area contributed by atoms with Crippen molar-refractivity contribution in [3.63, 3.8) is 0 Å². The summed E-state index contributed by atoms with van der Waals surface area (Å²) in [7, 11) is 2.24. The number of hydrogen-bond acceptors (Lipinski definition) is 3. The summed E-state index contributed by atoms with van der Waals surface area (Å²) in [6.45, 7) is 0.520. The molecule has 2 heterocycles. The number of quaternary nitrogens is 1. The number of aliphatic hydroxyl groups excluding tert-OH is 1. The van der Waals surface area contributed by atoms with Crippen LogP contribution in [0, 0.1) is 12.3 Å². The third-order valence-electron chi connectivity index (χ3n) is 5.96. The first-order chi connectivity index (χ1) is 11.6. The average molecular weight is 328 g/mol. The van der Waals surface area contributed by atoms with Gasteiger partial charge in [0.25, 0.3) is 0 Å². The molecule has 128 valence electrons. The number of carbonyl (C=O) groups excluding carboxylic acids is 1. The number of ether oxygens (including phenoxy) is 1. The molecule has 4 heteroatoms. The highest BCUT2D eigenvalue weighted by Crippen LogP contribution is 2.42. The van der Waals surface area contributed by atoms with E-state index in [1.807, 2.05) is 30.3 Å². The Hall–Kier alpha value is -1.83. The maximum Gasteiger partial charge on any atom is 0.316 e. The predicted molar refractivity (Wildman–Crippen MR) is 92.1 cm³/mol. The van der Waals surface area contributed by atoms with Crippen LogP contribution in [0.4, 0.5) is 0 Å². The minimum absolute atomic E-state index is 0.0586. The second kappa shape index (κ2) is 6.96. The molecule has 0 spiro atoms. The summed E-state index contributed by atoms with van der Waals surface area (Å²) in [5.74, 6) is 1.90. The second-order valence-electron chi connectivity index (χ2n) is 7.27. The summed E-state index contributed by atoms with van der Waals surface area (Å²) in [5.41, 5.74) is 0.803. The van der Waals surface area contributed by atoms with Crippen LogP contribution in [-0.2, 0) is 9.53 Å². The summed E-state index contributed by atoms with van der Waals surface area (Å²) in [5, 5.41) is 9.62. The van der Waals surface area contributed by atoms with Gasteiger partial charge >= 0.3 is 5.97 Å². The Morgan fingerprint density at radius 3 is 2.50 bits per heavy atom. The number of terminal acetylenes is 1. The van der Waals surface area contributed by atoms with Gasteiger partial charge < -0.3 is 14.3 Å². The fourth-order valence-corrected chi connectivity index (χ4v) is 4.49. The number of nitrogens with zero attached hydrogens (tertiary/aromatic N) is 1. The van der Waals surface area contributed by atoms with E-state index < -0.39 is 5.92 Å². The van der Waals surface area contributed by atoms with E-state index in [0.29, 0.717) is 12.1 Å². The van der Waals surface area contributed by atoms with Crippen LogP contribution in [0.3, 0.4) is 0 Å². The molecule has 2 aliphatic rings. The van der Waals surface area contributed by atoms with Crippen LogP contribution in [0.1, 0.15) is 37.2 Å². The van der Waals surface area contributed by atoms with Crippen molar-refractivity contribution in [2.24, 2.45) is 0 Å². The number of fused-ring (bicyclic) bond motifs is 2. The minimum atomic E-state index is -0.600. The van der Waals surface area contributed by atoms with Crippen molar-refractivity contribution >= 4 is 5.97 Å². The summed E-state index contributed by atoms with van der Waals surface area (Å²) >= 11 is 0. The fraction of sp³-hybridized carbons (Fsp3) is 0.550. The molecule has 1 N–H and O–H groups in total. The molecule has 2 unspecified atom stereocenters. The third-order valence-corrected chi connectivity index (χ3v) is 5.96. The molecule has 0 saturated carbocycles. The van der Waals surface area contributed by atoms with E-state index in [1.165, 1.54) is 0 Å². The fourth-order valence-electron chi connectivity index (χ4n) is 4.49. The summed E-state index contributed by atoms with van der Waals surface area (Å²) < 4.78 is 6.71. The number of rotatable bonds is 5. The zero-order chi connectivity index (χ0) is 17.2. The molecule has 2 aliphatic heterocycles. The van der Waals surface area contributed by atoms with Gasteiger partial charge in [-0.1, -0.05) is 30.3 Å². The van der Waals surface area contributed by atoms with Crippen LogP contribution in [0.2, 0.25) is 0 Å². The molecule has 0 aromatic heterocycles. The highest BCUT2D eigenvalue weighted by atomic mass is 16.5. The predicted octanol–water partition coefficient (Wildman–Crippen LogP) is 2.08. The Labute approximate surface area is 144 Å². The van der Waals surface area contributed by atoms with Crippen molar-refractivity contribution in [3.8, 4) is 12.3 Å². The zero-order valence-corrected chi connectivity index (χ0v) is 14.2. The Kier molecular flexibility index (Phi) is 4.93. The molecule has 24 heavy (non-hydrogen) atoms. The van der Waals surface area contributed by atoms with Gasteiger partial charge in [0.2, 0.25) is 0 Å². The van der Waals surface area contributed by atoms with Gasteiger partial charge in [-0.15, -0.1) is 6.42 Å². The number of esters is 1. The highest BCUT2D eigenvalue weighted by molar-refractivity contribution is 5.78. The van der Waals surface area contributed by atoms with Crippen molar-refractivity contribution in [2.45, 2.75) is 49.8 Å². The van der Waals surface area contributed by atoms with E-state index >= 15 is 0 Å². The quantitative estimate of drug-likeness (QED) is 0.511. The van der Waals surface area contributed by atoms with Crippen LogP contribution in [0.5, 0.6) is 0 Å². The zero-order valence-electron chi connectivity index (χ0n) is 14.2. The number of hydrogen-bond donors (Lipinski definition) is 1. The highest BCUT2D eigenvalue weighted by Gasteiger charge is 2.52. The Morgan fingerprint density at radius 1 is 1.33 bits per heavy atom. The average Bonchev–Trinajstić information content (AvgIpc) is 2.75. The van der Waals surface area contributed by atoms with Crippen LogP contribution < -0.4 is 0 Å². The molecule has 1 aromatic carbocycles. The van der Waals surface area contributed by atoms with Gasteiger partial charge in [-0.05, 0) is 11.5 Å². The van der Waals surface area contributed by atoms with Gasteiger partial charge in [0, 0.05) is 25.7 Å². The Balaban J connectivity index is 1.65. The molecule has 2 saturated heterocycles. The lowest BCUT2D eigenvalue weighted by Crippen LogP contribution is -2.59. The van der Waals surface area contributed by atoms with E-state index in [2.05, 4.69) is 13.0 Å². The van der Waals surface area contributed by atoms with Gasteiger partial charge in [-0.25, -0.2) is 0 Å². The summed E-state index contributed by atoms with van der Waals surface area (Å²) in [4.78, 5) is 12.5. The SMILES string of the molecule is C#CC[N+]1(C)[C@@H]2CC[C@H]1CC(OC(=O)[C@@H](CO)c1ccccc1)C2. The van der Waals surface area contributed by atoms with Gasteiger partial charge in [0.1, 0.15) is 18.6 Å². The molecule has 3 rings (SSSR count). The second-order valence-corrected chi connectivity index (χ2v) is 7.27. The molecule has 1 aromatic rings. The number of aliphatic hydroxyl groups is 1. The van der Waals surface area contributed by atoms with E-state index in [4.69, 9.17) is 11.2 Å². The summed E-state index contributed by atoms with van der Waals surface area (Å²) in [6, 6.07) is 10.3. The molecule has 0 aliphatic carbocycles. The molecule has 5 atom stereocenters. The molecular formula is C20H26NO3+. The van der Waals surface area contributed by atoms with Crippen molar-refractivity contribution in [2.75, 3.05) is 20.2 Å². The van der Waals surface area contributed by atoms with Crippen molar-refractivity contribution < 1.29 is 19.1 Å². The molecule has 0 amide bonds. The summed E-state index contributed by atoms with van der Waals surface area (Å²) in [6.07, 6.45) is 9.54. The lowest BCUT2D eigenvalue weighted by Gasteiger charge is -2.45. The molecule has 4 nitrogen and oxygen atoms in total. The monoisotopic (exact) mass is 328 g/mol. The first-order valence-electron chi connectivity index (χ1n) is 8.73. The first kappa shape index (κ1) is 17.0. The van der Waals surface area contributed by atoms with Gasteiger partial charge in [-0.2, -0.15) is 0 Å². The van der Waals surface area contributed by atoms with Crippen molar-refractivity contribution in [1.82, 2.24) is 0 Å². The number of benzene rings is 1. The standard InChI is InChI=1S/C20H26NO3/c1-3-11-21(2)16-9-10-17(21)13-18(12-16)24-20(23)19(14-22)15-7-5-4-6-8-15/h1,4-8,16-19,22H,9-14H2,2H3/q+1/t16-,17+,18?,19-,21?/m0/s1. The maximum atomic E-state index is 12.5. The van der Waals surface area contributed by atoms with E-state index in [1.54, 1.807) is 0 Å². The Morgan fingerprint density at radius 2 is 1.96 bits per heavy atom. The van der Waals surface area contributed by atoms with Crippen molar-refractivity contribution in [1.29, 1.82) is 0 Å². The first-order valence-corrected chi connectivity index (χ1v) is 8.73. The topological polar surface area (TPSA) is 46.5 Å². The van der Waals surface area contributed by atoms with E-state index in [-0.39, 0.29) is 18.7 Å². The molecular weight excluding hydrogens is 302 g/mol. The largest absolute Gasteiger partial charge is 0.461 e. The Bertz CT molecular complexity index is 608. The van der Waals surface area contributed by atoms with Crippen LogP contribution in [-0.4, -0.2) is 53.9 Å². The number of carbonyl (C=O) groups is 1. The molecule has 2 bridgehead atoms. The van der Waals surface area contributed by atoms with Crippen molar-refractivity contribution in [3.05, 3.63) is 35.9 Å². The molecule has 2 fully saturated rings. The smallest absolute Gasteiger partial charge is 0.316 e.